The number of rotatable bonds is 6. The lowest BCUT2D eigenvalue weighted by atomic mass is 10.0. The van der Waals surface area contributed by atoms with Crippen LogP contribution in [0.25, 0.3) is 0 Å². The summed E-state index contributed by atoms with van der Waals surface area (Å²) in [6.07, 6.45) is 2.76. The third-order valence-corrected chi connectivity index (χ3v) is 6.10. The van der Waals surface area contributed by atoms with Crippen molar-refractivity contribution in [2.24, 2.45) is 0 Å². The van der Waals surface area contributed by atoms with Crippen LogP contribution in [0.2, 0.25) is 0 Å². The van der Waals surface area contributed by atoms with E-state index < -0.39 is 10.0 Å². The van der Waals surface area contributed by atoms with Crippen LogP contribution in [0.3, 0.4) is 0 Å². The number of amides is 1. The van der Waals surface area contributed by atoms with Gasteiger partial charge in [0.15, 0.2) is 0 Å². The van der Waals surface area contributed by atoms with E-state index in [9.17, 15) is 13.2 Å². The van der Waals surface area contributed by atoms with E-state index in [1.54, 1.807) is 12.1 Å². The molecule has 0 radical (unpaired) electrons. The minimum atomic E-state index is -3.54. The van der Waals surface area contributed by atoms with Crippen LogP contribution < -0.4 is 10.0 Å². The summed E-state index contributed by atoms with van der Waals surface area (Å²) in [6, 6.07) is 6.38. The Bertz CT molecular complexity index is 664. The molecule has 2 rings (SSSR count). The number of nitrogens with zero attached hydrogens (tertiary/aromatic N) is 1. The average molecular weight is 390 g/mol. The number of benzene rings is 1. The van der Waals surface area contributed by atoms with Crippen LogP contribution in [0.1, 0.15) is 43.5 Å². The first-order chi connectivity index (χ1) is 11.4. The monoisotopic (exact) mass is 389 g/mol. The summed E-state index contributed by atoms with van der Waals surface area (Å²) < 4.78 is 27.1. The molecule has 2 N–H and O–H groups in total. The van der Waals surface area contributed by atoms with Gasteiger partial charge in [-0.05, 0) is 57.5 Å². The number of likely N-dealkylation sites (N-methyl/N-ethyl adjacent to an activating group) is 1. The van der Waals surface area contributed by atoms with Crippen LogP contribution in [0, 0.1) is 0 Å². The molecule has 1 fully saturated rings. The van der Waals surface area contributed by atoms with Crippen LogP contribution in [-0.4, -0.2) is 51.4 Å². The zero-order valence-corrected chi connectivity index (χ0v) is 16.6. The van der Waals surface area contributed by atoms with Crippen LogP contribution in [0.4, 0.5) is 0 Å². The second-order valence-electron chi connectivity index (χ2n) is 6.33. The van der Waals surface area contributed by atoms with Gasteiger partial charge >= 0.3 is 0 Å². The number of carbonyl (C=O) groups excluding carboxylic acids is 1. The molecule has 0 aromatic heterocycles. The van der Waals surface area contributed by atoms with Crippen LogP contribution >= 0.6 is 12.4 Å². The molecule has 8 heteroatoms. The van der Waals surface area contributed by atoms with Crippen molar-refractivity contribution >= 4 is 28.3 Å². The Labute approximate surface area is 156 Å². The standard InChI is InChI=1S/C17H27N3O3S.ClH/c1-4-13(2)19-24(22,23)16-9-7-14(8-10-16)17(21)20-11-5-6-15(12-20)18-3;/h7-10,13,15,18-19H,4-6,11-12H2,1-3H3;1H. The summed E-state index contributed by atoms with van der Waals surface area (Å²) in [5.41, 5.74) is 0.522. The van der Waals surface area contributed by atoms with Crippen molar-refractivity contribution in [2.75, 3.05) is 20.1 Å². The third kappa shape index (κ3) is 5.67. The first-order valence-corrected chi connectivity index (χ1v) is 9.94. The highest BCUT2D eigenvalue weighted by Crippen LogP contribution is 2.16. The first kappa shape index (κ1) is 21.9. The van der Waals surface area contributed by atoms with Gasteiger partial charge in [0.2, 0.25) is 10.0 Å². The molecule has 1 aliphatic rings. The summed E-state index contributed by atoms with van der Waals surface area (Å²) in [5.74, 6) is -0.0474. The number of hydrogen-bond donors (Lipinski definition) is 2. The van der Waals surface area contributed by atoms with E-state index in [4.69, 9.17) is 0 Å². The Kier molecular flexibility index (Phi) is 8.34. The van der Waals surface area contributed by atoms with Gasteiger partial charge in [0.1, 0.15) is 0 Å². The summed E-state index contributed by atoms with van der Waals surface area (Å²) >= 11 is 0. The Hall–Kier alpha value is -1.15. The van der Waals surface area contributed by atoms with Crippen molar-refractivity contribution in [3.63, 3.8) is 0 Å². The number of carbonyl (C=O) groups is 1. The van der Waals surface area contributed by atoms with Gasteiger partial charge in [-0.15, -0.1) is 12.4 Å². The lowest BCUT2D eigenvalue weighted by molar-refractivity contribution is 0.0698. The van der Waals surface area contributed by atoms with Crippen LogP contribution in [0.15, 0.2) is 29.2 Å². The SMILES string of the molecule is CCC(C)NS(=O)(=O)c1ccc(C(=O)N2CCCC(NC)C2)cc1.Cl. The molecule has 1 saturated heterocycles. The number of piperidine rings is 1. The van der Waals surface area contributed by atoms with Gasteiger partial charge in [0.25, 0.3) is 5.91 Å². The molecule has 1 aromatic rings. The van der Waals surface area contributed by atoms with E-state index >= 15 is 0 Å². The highest BCUT2D eigenvalue weighted by molar-refractivity contribution is 7.89. The van der Waals surface area contributed by atoms with Gasteiger partial charge in [-0.1, -0.05) is 6.92 Å². The maximum absolute atomic E-state index is 12.6. The molecular formula is C17H28ClN3O3S. The Morgan fingerprint density at radius 2 is 1.96 bits per heavy atom. The fourth-order valence-electron chi connectivity index (χ4n) is 2.77. The Morgan fingerprint density at radius 3 is 2.52 bits per heavy atom. The van der Waals surface area contributed by atoms with Crippen molar-refractivity contribution < 1.29 is 13.2 Å². The van der Waals surface area contributed by atoms with Crippen molar-refractivity contribution in [3.8, 4) is 0 Å². The second kappa shape index (κ2) is 9.52. The minimum absolute atomic E-state index is 0. The van der Waals surface area contributed by atoms with Crippen molar-refractivity contribution in [1.82, 2.24) is 14.9 Å². The van der Waals surface area contributed by atoms with Crippen molar-refractivity contribution in [2.45, 2.75) is 50.1 Å². The normalized spacial score (nSPS) is 19.2. The van der Waals surface area contributed by atoms with Crippen LogP contribution in [-0.2, 0) is 10.0 Å². The highest BCUT2D eigenvalue weighted by Gasteiger charge is 2.24. The van der Waals surface area contributed by atoms with Gasteiger partial charge in [0.05, 0.1) is 4.90 Å². The number of hydrogen-bond acceptors (Lipinski definition) is 4. The summed E-state index contributed by atoms with van der Waals surface area (Å²) in [6.45, 7) is 5.17. The number of likely N-dealkylation sites (tertiary alicyclic amines) is 1. The largest absolute Gasteiger partial charge is 0.337 e. The van der Waals surface area contributed by atoms with Gasteiger partial charge < -0.3 is 10.2 Å². The van der Waals surface area contributed by atoms with E-state index in [0.29, 0.717) is 18.2 Å². The van der Waals surface area contributed by atoms with E-state index in [1.165, 1.54) is 12.1 Å². The predicted octanol–water partition coefficient (Wildman–Crippen LogP) is 2.01. The van der Waals surface area contributed by atoms with Gasteiger partial charge in [-0.3, -0.25) is 4.79 Å². The maximum atomic E-state index is 12.6. The molecule has 6 nitrogen and oxygen atoms in total. The van der Waals surface area contributed by atoms with Gasteiger partial charge in [-0.25, -0.2) is 13.1 Å². The predicted molar refractivity (Wildman–Crippen MR) is 102 cm³/mol. The molecule has 142 valence electrons. The fourth-order valence-corrected chi connectivity index (χ4v) is 4.10. The van der Waals surface area contributed by atoms with E-state index in [0.717, 1.165) is 25.8 Å². The second-order valence-corrected chi connectivity index (χ2v) is 8.05. The van der Waals surface area contributed by atoms with Crippen molar-refractivity contribution in [1.29, 1.82) is 0 Å². The van der Waals surface area contributed by atoms with Crippen molar-refractivity contribution in [3.05, 3.63) is 29.8 Å². The van der Waals surface area contributed by atoms with E-state index in [2.05, 4.69) is 10.0 Å². The molecule has 0 saturated carbocycles. The summed E-state index contributed by atoms with van der Waals surface area (Å²) in [7, 11) is -1.63. The molecular weight excluding hydrogens is 362 g/mol. The summed E-state index contributed by atoms with van der Waals surface area (Å²) in [5, 5.41) is 3.21. The topological polar surface area (TPSA) is 78.5 Å². The number of sulfonamides is 1. The molecule has 0 spiro atoms. The molecule has 1 aliphatic heterocycles. The molecule has 1 heterocycles. The molecule has 1 amide bonds. The Balaban J connectivity index is 0.00000312. The maximum Gasteiger partial charge on any atom is 0.253 e. The highest BCUT2D eigenvalue weighted by atomic mass is 35.5. The zero-order chi connectivity index (χ0) is 17.7. The van der Waals surface area contributed by atoms with Crippen LogP contribution in [0.5, 0.6) is 0 Å². The first-order valence-electron chi connectivity index (χ1n) is 8.46. The van der Waals surface area contributed by atoms with E-state index in [1.807, 2.05) is 25.8 Å². The number of nitrogens with one attached hydrogen (secondary N) is 2. The fraction of sp³-hybridized carbons (Fsp3) is 0.588. The van der Waals surface area contributed by atoms with Gasteiger partial charge in [0, 0.05) is 30.7 Å². The average Bonchev–Trinajstić information content (AvgIpc) is 2.60. The van der Waals surface area contributed by atoms with E-state index in [-0.39, 0.29) is 29.3 Å². The smallest absolute Gasteiger partial charge is 0.253 e. The molecule has 1 aromatic carbocycles. The zero-order valence-electron chi connectivity index (χ0n) is 15.0. The Morgan fingerprint density at radius 1 is 1.32 bits per heavy atom. The lowest BCUT2D eigenvalue weighted by Gasteiger charge is -2.32. The summed E-state index contributed by atoms with van der Waals surface area (Å²) in [4.78, 5) is 14.6. The molecule has 2 atom stereocenters. The molecule has 0 aliphatic carbocycles. The molecule has 0 bridgehead atoms. The quantitative estimate of drug-likeness (QED) is 0.780. The lowest BCUT2D eigenvalue weighted by Crippen LogP contribution is -2.46. The molecule has 2 unspecified atom stereocenters. The third-order valence-electron chi connectivity index (χ3n) is 4.50. The molecule has 25 heavy (non-hydrogen) atoms. The van der Waals surface area contributed by atoms with Gasteiger partial charge in [-0.2, -0.15) is 0 Å². The number of halogens is 1. The minimum Gasteiger partial charge on any atom is -0.337 e.